The zero-order valence-corrected chi connectivity index (χ0v) is 17.2. The van der Waals surface area contributed by atoms with Crippen LogP contribution in [0.2, 0.25) is 0 Å². The number of aryl methyl sites for hydroxylation is 1. The molecule has 0 unspecified atom stereocenters. The smallest absolute Gasteiger partial charge is 0.339 e. The van der Waals surface area contributed by atoms with E-state index < -0.39 is 11.9 Å². The number of fused-ring (bicyclic) bond motifs is 2. The second kappa shape index (κ2) is 9.40. The fraction of sp³-hybridized carbons (Fsp3) is 0.280. The van der Waals surface area contributed by atoms with Crippen molar-refractivity contribution >= 4 is 28.5 Å². The van der Waals surface area contributed by atoms with Crippen LogP contribution in [0.4, 0.5) is 5.69 Å². The molecule has 156 valence electrons. The number of pyridine rings is 1. The van der Waals surface area contributed by atoms with Gasteiger partial charge in [-0.15, -0.1) is 0 Å². The predicted molar refractivity (Wildman–Crippen MR) is 118 cm³/mol. The SMILES string of the molecule is N#CCc1ccc(NC(=O)COC(=O)c2c3c(nc4ccccc24)CCCCC3)cc1. The molecule has 3 aromatic rings. The minimum Gasteiger partial charge on any atom is -0.452 e. The van der Waals surface area contributed by atoms with Crippen LogP contribution in [0.3, 0.4) is 0 Å². The van der Waals surface area contributed by atoms with Crippen molar-refractivity contribution in [3.05, 3.63) is 70.9 Å². The maximum atomic E-state index is 13.1. The maximum Gasteiger partial charge on any atom is 0.339 e. The molecule has 0 radical (unpaired) electrons. The molecule has 1 amide bonds. The fourth-order valence-corrected chi connectivity index (χ4v) is 3.98. The number of aromatic nitrogens is 1. The largest absolute Gasteiger partial charge is 0.452 e. The highest BCUT2D eigenvalue weighted by atomic mass is 16.5. The van der Waals surface area contributed by atoms with Crippen molar-refractivity contribution in [3.8, 4) is 6.07 Å². The summed E-state index contributed by atoms with van der Waals surface area (Å²) in [5.74, 6) is -0.901. The van der Waals surface area contributed by atoms with Gasteiger partial charge in [-0.2, -0.15) is 5.26 Å². The van der Waals surface area contributed by atoms with Gasteiger partial charge in [0.25, 0.3) is 5.91 Å². The summed E-state index contributed by atoms with van der Waals surface area (Å²) in [7, 11) is 0. The van der Waals surface area contributed by atoms with Crippen LogP contribution in [0.25, 0.3) is 10.9 Å². The monoisotopic (exact) mass is 413 g/mol. The molecule has 31 heavy (non-hydrogen) atoms. The van der Waals surface area contributed by atoms with Gasteiger partial charge in [0.05, 0.1) is 23.6 Å². The number of anilines is 1. The number of carbonyl (C=O) groups excluding carboxylic acids is 2. The van der Waals surface area contributed by atoms with Crippen LogP contribution in [-0.2, 0) is 28.8 Å². The molecule has 2 aromatic carbocycles. The number of para-hydroxylation sites is 1. The Morgan fingerprint density at radius 2 is 1.81 bits per heavy atom. The molecule has 6 nitrogen and oxygen atoms in total. The summed E-state index contributed by atoms with van der Waals surface area (Å²) >= 11 is 0. The molecule has 1 heterocycles. The van der Waals surface area contributed by atoms with Gasteiger partial charge in [-0.3, -0.25) is 9.78 Å². The number of nitrogens with one attached hydrogen (secondary N) is 1. The van der Waals surface area contributed by atoms with E-state index in [1.807, 2.05) is 24.3 Å². The standard InChI is InChI=1S/C25H23N3O3/c26-15-14-17-10-12-18(13-11-17)27-23(29)16-31-25(30)24-19-6-2-1-3-8-21(19)28-22-9-5-4-7-20(22)24/h4-5,7,9-13H,1-3,6,8,14,16H2,(H,27,29). The molecule has 6 heteroatoms. The minimum absolute atomic E-state index is 0.316. The van der Waals surface area contributed by atoms with Crippen LogP contribution < -0.4 is 5.32 Å². The summed E-state index contributed by atoms with van der Waals surface area (Å²) in [6.07, 6.45) is 5.13. The molecule has 0 aliphatic heterocycles. The van der Waals surface area contributed by atoms with E-state index in [2.05, 4.69) is 11.4 Å². The Bertz CT molecular complexity index is 1160. The Morgan fingerprint density at radius 1 is 1.03 bits per heavy atom. The predicted octanol–water partition coefficient (Wildman–Crippen LogP) is 4.37. The number of ether oxygens (including phenoxy) is 1. The summed E-state index contributed by atoms with van der Waals surface area (Å²) < 4.78 is 5.42. The van der Waals surface area contributed by atoms with E-state index in [4.69, 9.17) is 15.0 Å². The molecule has 0 fully saturated rings. The highest BCUT2D eigenvalue weighted by Crippen LogP contribution is 2.29. The van der Waals surface area contributed by atoms with Gasteiger partial charge in [0, 0.05) is 16.8 Å². The van der Waals surface area contributed by atoms with Crippen LogP contribution in [0.5, 0.6) is 0 Å². The number of hydrogen-bond acceptors (Lipinski definition) is 5. The third-order valence-electron chi connectivity index (χ3n) is 5.48. The van der Waals surface area contributed by atoms with Gasteiger partial charge in [0.15, 0.2) is 6.61 Å². The minimum atomic E-state index is -0.490. The van der Waals surface area contributed by atoms with E-state index in [9.17, 15) is 9.59 Å². The zero-order chi connectivity index (χ0) is 21.6. The molecule has 0 saturated heterocycles. The average Bonchev–Trinajstić information content (AvgIpc) is 3.02. The normalized spacial score (nSPS) is 13.0. The lowest BCUT2D eigenvalue weighted by Gasteiger charge is -2.15. The first kappa shape index (κ1) is 20.5. The highest BCUT2D eigenvalue weighted by molar-refractivity contribution is 6.06. The van der Waals surface area contributed by atoms with Crippen molar-refractivity contribution in [2.45, 2.75) is 38.5 Å². The van der Waals surface area contributed by atoms with E-state index in [0.29, 0.717) is 17.7 Å². The second-order valence-electron chi connectivity index (χ2n) is 7.65. The molecule has 1 aliphatic carbocycles. The van der Waals surface area contributed by atoms with Crippen LogP contribution in [0.1, 0.15) is 46.4 Å². The Hall–Kier alpha value is -3.72. The van der Waals surface area contributed by atoms with Gasteiger partial charge in [0.1, 0.15) is 0 Å². The van der Waals surface area contributed by atoms with Crippen LogP contribution in [-0.4, -0.2) is 23.5 Å². The van der Waals surface area contributed by atoms with Crippen molar-refractivity contribution in [2.24, 2.45) is 0 Å². The zero-order valence-electron chi connectivity index (χ0n) is 17.2. The summed E-state index contributed by atoms with van der Waals surface area (Å²) in [6.45, 7) is -0.371. The third kappa shape index (κ3) is 4.72. The quantitative estimate of drug-likeness (QED) is 0.495. The van der Waals surface area contributed by atoms with Crippen molar-refractivity contribution in [1.29, 1.82) is 5.26 Å². The first-order chi connectivity index (χ1) is 15.2. The lowest BCUT2D eigenvalue weighted by atomic mass is 9.97. The van der Waals surface area contributed by atoms with Gasteiger partial charge in [0.2, 0.25) is 0 Å². The number of nitriles is 1. The molecule has 4 rings (SSSR count). The first-order valence-electron chi connectivity index (χ1n) is 10.5. The molecular weight excluding hydrogens is 390 g/mol. The van der Waals surface area contributed by atoms with Crippen LogP contribution >= 0.6 is 0 Å². The van der Waals surface area contributed by atoms with E-state index >= 15 is 0 Å². The average molecular weight is 413 g/mol. The van der Waals surface area contributed by atoms with E-state index in [-0.39, 0.29) is 6.61 Å². The first-order valence-corrected chi connectivity index (χ1v) is 10.5. The molecular formula is C25H23N3O3. The van der Waals surface area contributed by atoms with Gasteiger partial charge in [-0.25, -0.2) is 4.79 Å². The van der Waals surface area contributed by atoms with Crippen LogP contribution in [0.15, 0.2) is 48.5 Å². The maximum absolute atomic E-state index is 13.1. The molecule has 1 N–H and O–H groups in total. The summed E-state index contributed by atoms with van der Waals surface area (Å²) in [4.78, 5) is 30.2. The lowest BCUT2D eigenvalue weighted by Crippen LogP contribution is -2.22. The molecule has 1 aliphatic rings. The number of rotatable bonds is 5. The fourth-order valence-electron chi connectivity index (χ4n) is 3.98. The number of esters is 1. The molecule has 0 saturated carbocycles. The Kier molecular flexibility index (Phi) is 6.23. The van der Waals surface area contributed by atoms with Crippen LogP contribution in [0, 0.1) is 11.3 Å². The van der Waals surface area contributed by atoms with Gasteiger partial charge in [-0.1, -0.05) is 36.8 Å². The lowest BCUT2D eigenvalue weighted by molar-refractivity contribution is -0.119. The molecule has 0 bridgehead atoms. The van der Waals surface area contributed by atoms with Gasteiger partial charge < -0.3 is 10.1 Å². The number of amides is 1. The molecule has 1 aromatic heterocycles. The summed E-state index contributed by atoms with van der Waals surface area (Å²) in [6, 6.07) is 16.7. The van der Waals surface area contributed by atoms with Crippen molar-refractivity contribution < 1.29 is 14.3 Å². The van der Waals surface area contributed by atoms with E-state index in [1.165, 1.54) is 0 Å². The van der Waals surface area contributed by atoms with Gasteiger partial charge >= 0.3 is 5.97 Å². The van der Waals surface area contributed by atoms with E-state index in [1.54, 1.807) is 24.3 Å². The van der Waals surface area contributed by atoms with Crippen molar-refractivity contribution in [2.75, 3.05) is 11.9 Å². The van der Waals surface area contributed by atoms with Crippen molar-refractivity contribution in [1.82, 2.24) is 4.98 Å². The second-order valence-corrected chi connectivity index (χ2v) is 7.65. The number of benzene rings is 2. The topological polar surface area (TPSA) is 92.1 Å². The Balaban J connectivity index is 1.50. The molecule has 0 atom stereocenters. The number of hydrogen-bond donors (Lipinski definition) is 1. The Morgan fingerprint density at radius 3 is 2.61 bits per heavy atom. The summed E-state index contributed by atoms with van der Waals surface area (Å²) in [5, 5.41) is 12.2. The Labute approximate surface area is 180 Å². The third-order valence-corrected chi connectivity index (χ3v) is 5.48. The van der Waals surface area contributed by atoms with Gasteiger partial charge in [-0.05, 0) is 55.0 Å². The number of nitrogens with zero attached hydrogens (tertiary/aromatic N) is 2. The number of carbonyl (C=O) groups is 2. The molecule has 0 spiro atoms. The summed E-state index contributed by atoms with van der Waals surface area (Å²) in [5.41, 5.74) is 4.69. The highest BCUT2D eigenvalue weighted by Gasteiger charge is 2.23. The van der Waals surface area contributed by atoms with E-state index in [0.717, 1.165) is 59.8 Å². The van der Waals surface area contributed by atoms with Crippen molar-refractivity contribution in [3.63, 3.8) is 0 Å².